The fourth-order valence-electron chi connectivity index (χ4n) is 2.51. The zero-order valence-electron chi connectivity index (χ0n) is 6.36. The van der Waals surface area contributed by atoms with Gasteiger partial charge >= 0.3 is 11.9 Å². The molecule has 0 saturated carbocycles. The van der Waals surface area contributed by atoms with Gasteiger partial charge < -0.3 is 9.47 Å². The maximum atomic E-state index is 11.1. The summed E-state index contributed by atoms with van der Waals surface area (Å²) >= 11 is 0. The summed E-state index contributed by atoms with van der Waals surface area (Å²) in [7, 11) is 0. The molecule has 3 rings (SSSR count). The summed E-state index contributed by atoms with van der Waals surface area (Å²) in [6.45, 7) is 0. The van der Waals surface area contributed by atoms with E-state index in [0.717, 1.165) is 12.8 Å². The highest BCUT2D eigenvalue weighted by atomic mass is 16.6. The lowest BCUT2D eigenvalue weighted by Gasteiger charge is -2.13. The fraction of sp³-hybridized carbons (Fsp3) is 0.750. The summed E-state index contributed by atoms with van der Waals surface area (Å²) in [5.74, 6) is -1.32. The Bertz CT molecular complexity index is 246. The summed E-state index contributed by atoms with van der Waals surface area (Å²) in [5, 5.41) is 0. The highest BCUT2D eigenvalue weighted by molar-refractivity contribution is 5.97. The van der Waals surface area contributed by atoms with Crippen molar-refractivity contribution in [1.82, 2.24) is 0 Å². The van der Waals surface area contributed by atoms with Gasteiger partial charge in [-0.2, -0.15) is 0 Å². The number of rotatable bonds is 0. The third-order valence-electron chi connectivity index (χ3n) is 3.02. The van der Waals surface area contributed by atoms with E-state index in [4.69, 9.17) is 4.74 Å². The van der Waals surface area contributed by atoms with Crippen LogP contribution in [-0.4, -0.2) is 24.1 Å². The average Bonchev–Trinajstić information content (AvgIpc) is 2.64. The molecule has 0 aromatic rings. The highest BCUT2D eigenvalue weighted by Gasteiger charge is 2.61. The molecule has 3 saturated heterocycles. The Hall–Kier alpha value is -0.900. The van der Waals surface area contributed by atoms with E-state index in [1.165, 1.54) is 0 Å². The van der Waals surface area contributed by atoms with Crippen molar-refractivity contribution < 1.29 is 19.1 Å². The van der Waals surface area contributed by atoms with Crippen LogP contribution in [0.25, 0.3) is 0 Å². The summed E-state index contributed by atoms with van der Waals surface area (Å²) in [5.41, 5.74) is 0. The molecule has 0 amide bonds. The minimum Gasteiger partial charge on any atom is -0.393 e. The molecule has 3 aliphatic rings. The van der Waals surface area contributed by atoms with Gasteiger partial charge in [0, 0.05) is 0 Å². The molecule has 3 heterocycles. The highest BCUT2D eigenvalue weighted by Crippen LogP contribution is 2.47. The van der Waals surface area contributed by atoms with E-state index in [1.807, 2.05) is 0 Å². The molecule has 0 aromatic heterocycles. The van der Waals surface area contributed by atoms with Crippen LogP contribution in [0.3, 0.4) is 0 Å². The normalized spacial score (nSPS) is 49.7. The Morgan fingerprint density at radius 1 is 1.00 bits per heavy atom. The molecule has 2 bridgehead atoms. The molecule has 0 unspecified atom stereocenters. The van der Waals surface area contributed by atoms with Crippen molar-refractivity contribution in [2.75, 3.05) is 0 Å². The number of ether oxygens (including phenoxy) is 2. The predicted octanol–water partition coefficient (Wildman–Crippen LogP) is -0.137. The fourth-order valence-corrected chi connectivity index (χ4v) is 2.51. The SMILES string of the molecule is O=C1OC(=O)[C@H]2[C@@H]1[C@H]1CC[C@@H]2O1. The van der Waals surface area contributed by atoms with Gasteiger partial charge in [0.1, 0.15) is 0 Å². The predicted molar refractivity (Wildman–Crippen MR) is 36.0 cm³/mol. The van der Waals surface area contributed by atoms with Gasteiger partial charge in [0.2, 0.25) is 0 Å². The number of hydrogen-bond acceptors (Lipinski definition) is 4. The van der Waals surface area contributed by atoms with Crippen LogP contribution in [0.15, 0.2) is 0 Å². The Morgan fingerprint density at radius 2 is 1.50 bits per heavy atom. The van der Waals surface area contributed by atoms with E-state index in [2.05, 4.69) is 4.74 Å². The van der Waals surface area contributed by atoms with Crippen LogP contribution in [0.5, 0.6) is 0 Å². The van der Waals surface area contributed by atoms with Crippen LogP contribution in [0.1, 0.15) is 12.8 Å². The number of carbonyl (C=O) groups excluding carboxylic acids is 2. The average molecular weight is 168 g/mol. The van der Waals surface area contributed by atoms with Crippen LogP contribution < -0.4 is 0 Å². The summed E-state index contributed by atoms with van der Waals surface area (Å²) in [6.07, 6.45) is 1.71. The largest absolute Gasteiger partial charge is 0.393 e. The van der Waals surface area contributed by atoms with Gasteiger partial charge in [0.15, 0.2) is 0 Å². The van der Waals surface area contributed by atoms with Gasteiger partial charge in [-0.3, -0.25) is 9.59 Å². The smallest absolute Gasteiger partial charge is 0.320 e. The molecule has 0 N–H and O–H groups in total. The first kappa shape index (κ1) is 6.60. The first-order chi connectivity index (χ1) is 5.77. The second-order valence-electron chi connectivity index (χ2n) is 3.58. The van der Waals surface area contributed by atoms with Gasteiger partial charge in [-0.15, -0.1) is 0 Å². The molecular weight excluding hydrogens is 160 g/mol. The molecule has 4 atom stereocenters. The Labute approximate surface area is 68.8 Å². The second-order valence-corrected chi connectivity index (χ2v) is 3.58. The third-order valence-corrected chi connectivity index (χ3v) is 3.02. The molecule has 3 aliphatic heterocycles. The van der Waals surface area contributed by atoms with Crippen LogP contribution >= 0.6 is 0 Å². The first-order valence-corrected chi connectivity index (χ1v) is 4.18. The maximum absolute atomic E-state index is 11.1. The lowest BCUT2D eigenvalue weighted by Crippen LogP contribution is -2.29. The van der Waals surface area contributed by atoms with Crippen molar-refractivity contribution in [3.8, 4) is 0 Å². The van der Waals surface area contributed by atoms with Gasteiger partial charge in [-0.1, -0.05) is 0 Å². The van der Waals surface area contributed by atoms with Crippen molar-refractivity contribution in [1.29, 1.82) is 0 Å². The Kier molecular flexibility index (Phi) is 1.03. The maximum Gasteiger partial charge on any atom is 0.320 e. The van der Waals surface area contributed by atoms with Crippen LogP contribution in [0.2, 0.25) is 0 Å². The molecule has 64 valence electrons. The second kappa shape index (κ2) is 1.88. The topological polar surface area (TPSA) is 52.6 Å². The van der Waals surface area contributed by atoms with Gasteiger partial charge in [0.25, 0.3) is 0 Å². The number of esters is 2. The van der Waals surface area contributed by atoms with Gasteiger partial charge in [-0.05, 0) is 12.8 Å². The minimum atomic E-state index is -0.378. The number of hydrogen-bond donors (Lipinski definition) is 0. The van der Waals surface area contributed by atoms with Crippen molar-refractivity contribution in [3.05, 3.63) is 0 Å². The number of carbonyl (C=O) groups is 2. The monoisotopic (exact) mass is 168 g/mol. The van der Waals surface area contributed by atoms with E-state index in [1.54, 1.807) is 0 Å². The summed E-state index contributed by atoms with van der Waals surface area (Å²) in [6, 6.07) is 0. The molecular formula is C8H8O4. The third kappa shape index (κ3) is 0.579. The van der Waals surface area contributed by atoms with Crippen molar-refractivity contribution in [2.45, 2.75) is 25.0 Å². The van der Waals surface area contributed by atoms with E-state index >= 15 is 0 Å². The van der Waals surface area contributed by atoms with Crippen LogP contribution in [-0.2, 0) is 19.1 Å². The molecule has 12 heavy (non-hydrogen) atoms. The van der Waals surface area contributed by atoms with E-state index in [9.17, 15) is 9.59 Å². The zero-order chi connectivity index (χ0) is 8.29. The molecule has 4 nitrogen and oxygen atoms in total. The Morgan fingerprint density at radius 3 is 2.00 bits per heavy atom. The van der Waals surface area contributed by atoms with Gasteiger partial charge in [0.05, 0.1) is 24.0 Å². The van der Waals surface area contributed by atoms with Crippen molar-refractivity contribution in [2.24, 2.45) is 11.8 Å². The quantitative estimate of drug-likeness (QED) is 0.373. The molecule has 3 fully saturated rings. The van der Waals surface area contributed by atoms with Crippen LogP contribution in [0.4, 0.5) is 0 Å². The van der Waals surface area contributed by atoms with E-state index in [-0.39, 0.29) is 36.0 Å². The standard InChI is InChI=1S/C8H8O4/c9-7-5-3-1-2-4(11-3)6(5)8(10)12-7/h3-6H,1-2H2/t3-,4+,5+,6-. The van der Waals surface area contributed by atoms with E-state index in [0.29, 0.717) is 0 Å². The molecule has 0 aliphatic carbocycles. The molecule has 4 heteroatoms. The molecule has 0 radical (unpaired) electrons. The lowest BCUT2D eigenvalue weighted by atomic mass is 9.81. The molecule has 0 spiro atoms. The number of fused-ring (bicyclic) bond motifs is 5. The van der Waals surface area contributed by atoms with Crippen LogP contribution in [0, 0.1) is 11.8 Å². The summed E-state index contributed by atoms with van der Waals surface area (Å²) in [4.78, 5) is 22.3. The van der Waals surface area contributed by atoms with Gasteiger partial charge in [-0.25, -0.2) is 0 Å². The van der Waals surface area contributed by atoms with Crippen molar-refractivity contribution >= 4 is 11.9 Å². The molecule has 0 aromatic carbocycles. The van der Waals surface area contributed by atoms with Crippen molar-refractivity contribution in [3.63, 3.8) is 0 Å². The van der Waals surface area contributed by atoms with E-state index < -0.39 is 0 Å². The minimum absolute atomic E-state index is 0.0426. The number of cyclic esters (lactones) is 2. The first-order valence-electron chi connectivity index (χ1n) is 4.18. The Balaban J connectivity index is 2.03. The summed E-state index contributed by atoms with van der Waals surface area (Å²) < 4.78 is 10.0. The lowest BCUT2D eigenvalue weighted by molar-refractivity contribution is -0.156. The zero-order valence-corrected chi connectivity index (χ0v) is 6.36.